The van der Waals surface area contributed by atoms with Gasteiger partial charge in [0.2, 0.25) is 0 Å². The highest BCUT2D eigenvalue weighted by molar-refractivity contribution is 7.92. The summed E-state index contributed by atoms with van der Waals surface area (Å²) in [6, 6.07) is 15.3. The molecule has 0 amide bonds. The predicted octanol–water partition coefficient (Wildman–Crippen LogP) is 5.02. The molecule has 0 atom stereocenters. The van der Waals surface area contributed by atoms with Crippen molar-refractivity contribution in [3.05, 3.63) is 84.4 Å². The number of carbonyl (C=O) groups is 1. The van der Waals surface area contributed by atoms with E-state index < -0.39 is 138 Å². The molecule has 0 saturated heterocycles. The average Bonchev–Trinajstić information content (AvgIpc) is 3.24. The molecule has 0 heterocycles. The third-order valence-electron chi connectivity index (χ3n) is 8.94. The zero-order chi connectivity index (χ0) is 52.0. The summed E-state index contributed by atoms with van der Waals surface area (Å²) in [4.78, 5) is 12.1. The number of hydrogen-bond acceptors (Lipinski definition) is 25. The SMILES string of the molecule is Nc1c(N=Nc2ccc(S(=O)(=O)CCOS(=O)(=O)O)cc2)c(C(=O)O)c(N=Nc2ccc3cc(S(=O)(=O)CCOS(=O)(=O)O)ccc3c2S)c(N)c1/N=N\c1ccc(S(=O)(=O)CCOS(=O)(=O)O)cc1. The molecule has 0 aliphatic carbocycles. The molecule has 376 valence electrons. The highest BCUT2D eigenvalue weighted by atomic mass is 32.3. The number of benzene rings is 5. The van der Waals surface area contributed by atoms with E-state index in [2.05, 4.69) is 55.9 Å². The fraction of sp³-hybridized carbons (Fsp3) is 0.171. The second-order valence-corrected chi connectivity index (χ2v) is 23.7. The Kier molecular flexibility index (Phi) is 16.9. The van der Waals surface area contributed by atoms with Crippen LogP contribution in [0.1, 0.15) is 10.4 Å². The zero-order valence-corrected chi connectivity index (χ0v) is 40.6. The van der Waals surface area contributed by atoms with Crippen molar-refractivity contribution in [2.45, 2.75) is 19.6 Å². The van der Waals surface area contributed by atoms with Gasteiger partial charge in [-0.15, -0.1) is 33.1 Å². The first-order valence-corrected chi connectivity index (χ1v) is 28.1. The Bertz CT molecular complexity index is 3650. The number of rotatable bonds is 22. The van der Waals surface area contributed by atoms with E-state index in [1.54, 1.807) is 0 Å². The van der Waals surface area contributed by atoms with Gasteiger partial charge in [-0.05, 0) is 77.5 Å². The number of nitrogens with two attached hydrogens (primary N) is 2. The van der Waals surface area contributed by atoms with E-state index in [0.29, 0.717) is 5.39 Å². The van der Waals surface area contributed by atoms with Gasteiger partial charge >= 0.3 is 37.2 Å². The number of carboxylic acids is 1. The van der Waals surface area contributed by atoms with Gasteiger partial charge < -0.3 is 16.6 Å². The van der Waals surface area contributed by atoms with Gasteiger partial charge in [-0.25, -0.2) is 42.6 Å². The standard InChI is InChI=1S/C35H34N8O20S7/c36-29-31(41-38-21-2-6-23(7-3-21)65(46,47)16-13-61-68(52,53)54)28(35(44)45)32(30(37)33(29)43-39-22-4-8-24(9-5-22)66(48,49)17-14-62-69(55,56)57)42-40-27-12-1-20-19-25(10-11-26(20)34(27)64)67(50,51)18-15-63-70(58,59)60/h1-12,19,64H,13-18,36-37H2,(H,44,45)(H,52,53,54)(H,55,56,57)(H,58,59,60)/b41-38?,42-40?,43-39-. The maximum Gasteiger partial charge on any atom is 0.397 e. The second-order valence-electron chi connectivity index (χ2n) is 13.7. The lowest BCUT2D eigenvalue weighted by Crippen LogP contribution is -2.15. The average molecular weight is 1110 g/mol. The lowest BCUT2D eigenvalue weighted by molar-refractivity contribution is 0.0698. The maximum absolute atomic E-state index is 12.9. The summed E-state index contributed by atoms with van der Waals surface area (Å²) in [5, 5.41) is 35.3. The van der Waals surface area contributed by atoms with Crippen LogP contribution in [0.15, 0.2) is 129 Å². The number of azo groups is 3. The molecule has 5 aromatic rings. The molecule has 0 unspecified atom stereocenters. The van der Waals surface area contributed by atoms with E-state index in [9.17, 15) is 60.4 Å². The largest absolute Gasteiger partial charge is 0.478 e. The van der Waals surface area contributed by atoms with Crippen LogP contribution in [0.2, 0.25) is 0 Å². The van der Waals surface area contributed by atoms with Gasteiger partial charge in [-0.3, -0.25) is 13.7 Å². The molecule has 35 heteroatoms. The Labute approximate surface area is 403 Å². The monoisotopic (exact) mass is 1110 g/mol. The Morgan fingerprint density at radius 3 is 1.27 bits per heavy atom. The Morgan fingerprint density at radius 1 is 0.500 bits per heavy atom. The fourth-order valence-corrected chi connectivity index (χ4v) is 10.5. The molecular formula is C35H34N8O20S7. The Hall–Kier alpha value is -5.96. The minimum Gasteiger partial charge on any atom is -0.478 e. The second kappa shape index (κ2) is 21.6. The van der Waals surface area contributed by atoms with Crippen molar-refractivity contribution in [1.29, 1.82) is 0 Å². The highest BCUT2D eigenvalue weighted by Crippen LogP contribution is 2.49. The normalized spacial score (nSPS) is 13.3. The molecule has 0 aromatic heterocycles. The van der Waals surface area contributed by atoms with Crippen molar-refractivity contribution in [3.8, 4) is 0 Å². The molecule has 0 bridgehead atoms. The van der Waals surface area contributed by atoms with Gasteiger partial charge in [0.1, 0.15) is 22.6 Å². The van der Waals surface area contributed by atoms with Crippen LogP contribution in [0.25, 0.3) is 10.8 Å². The summed E-state index contributed by atoms with van der Waals surface area (Å²) in [5.41, 5.74) is 8.98. The molecule has 0 aliphatic rings. The van der Waals surface area contributed by atoms with E-state index in [4.69, 9.17) is 25.1 Å². The lowest BCUT2D eigenvalue weighted by atomic mass is 10.1. The van der Waals surface area contributed by atoms with Crippen molar-refractivity contribution in [2.75, 3.05) is 48.5 Å². The number of anilines is 2. The number of nitrogen functional groups attached to an aromatic ring is 2. The quantitative estimate of drug-likeness (QED) is 0.0207. The van der Waals surface area contributed by atoms with Crippen LogP contribution < -0.4 is 11.5 Å². The molecule has 0 fully saturated rings. The molecular weight excluding hydrogens is 1080 g/mol. The minimum atomic E-state index is -4.92. The summed E-state index contributed by atoms with van der Waals surface area (Å²) >= 11 is 4.50. The van der Waals surface area contributed by atoms with E-state index in [0.717, 1.165) is 48.5 Å². The van der Waals surface area contributed by atoms with Crippen molar-refractivity contribution < 1.29 is 86.6 Å². The lowest BCUT2D eigenvalue weighted by Gasteiger charge is -2.13. The summed E-state index contributed by atoms with van der Waals surface area (Å²) in [5.74, 6) is -4.26. The van der Waals surface area contributed by atoms with Crippen LogP contribution in [0.3, 0.4) is 0 Å². The number of fused-ring (bicyclic) bond motifs is 1. The zero-order valence-electron chi connectivity index (χ0n) is 34.8. The molecule has 70 heavy (non-hydrogen) atoms. The van der Waals surface area contributed by atoms with Crippen molar-refractivity contribution in [3.63, 3.8) is 0 Å². The van der Waals surface area contributed by atoms with Gasteiger partial charge in [0.25, 0.3) is 0 Å². The molecule has 28 nitrogen and oxygen atoms in total. The maximum atomic E-state index is 12.9. The summed E-state index contributed by atoms with van der Waals surface area (Å²) in [7, 11) is -27.2. The molecule has 5 aromatic carbocycles. The van der Waals surface area contributed by atoms with Crippen LogP contribution in [0.4, 0.5) is 45.5 Å². The third kappa shape index (κ3) is 14.8. The number of thiol groups is 1. The van der Waals surface area contributed by atoms with Crippen LogP contribution in [0.5, 0.6) is 0 Å². The summed E-state index contributed by atoms with van der Waals surface area (Å²) < 4.78 is 180. The molecule has 8 N–H and O–H groups in total. The number of hydrogen-bond donors (Lipinski definition) is 7. The first-order valence-electron chi connectivity index (χ1n) is 18.6. The van der Waals surface area contributed by atoms with Gasteiger partial charge in [0, 0.05) is 4.90 Å². The van der Waals surface area contributed by atoms with Crippen LogP contribution in [-0.4, -0.2) is 112 Å². The topological polar surface area (TPSA) is 457 Å². The molecule has 5 rings (SSSR count). The Morgan fingerprint density at radius 2 is 0.871 bits per heavy atom. The summed E-state index contributed by atoms with van der Waals surface area (Å²) in [6.07, 6.45) is 0. The van der Waals surface area contributed by atoms with Crippen molar-refractivity contribution in [1.82, 2.24) is 0 Å². The smallest absolute Gasteiger partial charge is 0.397 e. The van der Waals surface area contributed by atoms with Crippen molar-refractivity contribution in [2.24, 2.45) is 30.7 Å². The van der Waals surface area contributed by atoms with Crippen LogP contribution in [-0.2, 0) is 73.3 Å². The number of sulfone groups is 3. The number of nitrogens with zero attached hydrogens (tertiary/aromatic N) is 6. The third-order valence-corrected chi connectivity index (χ3v) is 15.9. The molecule has 0 radical (unpaired) electrons. The van der Waals surface area contributed by atoms with Crippen LogP contribution in [0, 0.1) is 0 Å². The molecule has 0 saturated carbocycles. The van der Waals surface area contributed by atoms with E-state index in [1.807, 2.05) is 0 Å². The van der Waals surface area contributed by atoms with Gasteiger partial charge in [-0.1, -0.05) is 12.1 Å². The first kappa shape index (κ1) is 55.0. The van der Waals surface area contributed by atoms with Gasteiger partial charge in [0.05, 0.1) is 80.2 Å². The summed E-state index contributed by atoms with van der Waals surface area (Å²) in [6.45, 7) is -2.68. The van der Waals surface area contributed by atoms with E-state index in [1.165, 1.54) is 30.3 Å². The van der Waals surface area contributed by atoms with E-state index in [-0.39, 0.29) is 42.0 Å². The fourth-order valence-electron chi connectivity index (χ4n) is 5.68. The highest BCUT2D eigenvalue weighted by Gasteiger charge is 2.27. The van der Waals surface area contributed by atoms with Crippen LogP contribution >= 0.6 is 12.6 Å². The van der Waals surface area contributed by atoms with Gasteiger partial charge in [-0.2, -0.15) is 35.5 Å². The van der Waals surface area contributed by atoms with Gasteiger partial charge in [0.15, 0.2) is 29.5 Å². The number of carboxylic acid groups (broad SMARTS) is 1. The molecule has 0 spiro atoms. The van der Waals surface area contributed by atoms with Crippen molar-refractivity contribution >= 4 is 136 Å². The predicted molar refractivity (Wildman–Crippen MR) is 247 cm³/mol. The van der Waals surface area contributed by atoms with E-state index >= 15 is 0 Å². The molecule has 0 aliphatic heterocycles. The Balaban J connectivity index is 1.57. The first-order chi connectivity index (χ1) is 32.4. The minimum absolute atomic E-state index is 0.0360. The number of aromatic carboxylic acids is 1.